The number of furan rings is 1. The van der Waals surface area contributed by atoms with E-state index in [0.717, 1.165) is 0 Å². The fourth-order valence-corrected chi connectivity index (χ4v) is 2.38. The second-order valence-corrected chi connectivity index (χ2v) is 5.05. The van der Waals surface area contributed by atoms with Gasteiger partial charge in [-0.25, -0.2) is 18.1 Å². The molecule has 0 aliphatic heterocycles. The van der Waals surface area contributed by atoms with Crippen LogP contribution in [0.4, 0.5) is 11.7 Å². The summed E-state index contributed by atoms with van der Waals surface area (Å²) in [5.74, 6) is 0.705. The van der Waals surface area contributed by atoms with E-state index in [4.69, 9.17) is 10.2 Å². The first-order valence-electron chi connectivity index (χ1n) is 4.79. The Morgan fingerprint density at radius 2 is 2.12 bits per heavy atom. The predicted molar refractivity (Wildman–Crippen MR) is 62.9 cm³/mol. The van der Waals surface area contributed by atoms with Gasteiger partial charge in [-0.3, -0.25) is 0 Å². The van der Waals surface area contributed by atoms with Crippen LogP contribution in [0.15, 0.2) is 39.8 Å². The van der Waals surface area contributed by atoms with Crippen molar-refractivity contribution in [3.05, 3.63) is 36.2 Å². The summed E-state index contributed by atoms with van der Waals surface area (Å²) in [6.07, 6.45) is 1.42. The Morgan fingerprint density at radius 3 is 2.71 bits per heavy atom. The van der Waals surface area contributed by atoms with Crippen molar-refractivity contribution < 1.29 is 12.8 Å². The lowest BCUT2D eigenvalue weighted by Gasteiger charge is -2.06. The van der Waals surface area contributed by atoms with Gasteiger partial charge in [0, 0.05) is 12.3 Å². The van der Waals surface area contributed by atoms with E-state index in [-0.39, 0.29) is 16.6 Å². The molecule has 6 nitrogen and oxygen atoms in total. The van der Waals surface area contributed by atoms with Gasteiger partial charge in [0.1, 0.15) is 16.5 Å². The third-order valence-corrected chi connectivity index (χ3v) is 3.46. The molecule has 0 spiro atoms. The third kappa shape index (κ3) is 2.39. The Bertz CT molecular complexity index is 634. The van der Waals surface area contributed by atoms with Crippen molar-refractivity contribution in [3.63, 3.8) is 0 Å². The van der Waals surface area contributed by atoms with Crippen LogP contribution in [0.3, 0.4) is 0 Å². The summed E-state index contributed by atoms with van der Waals surface area (Å²) in [4.78, 5) is 3.65. The zero-order valence-electron chi connectivity index (χ0n) is 9.04. The Labute approximate surface area is 98.5 Å². The smallest absolute Gasteiger partial charge is 0.267 e. The lowest BCUT2D eigenvalue weighted by atomic mass is 10.5. The number of pyridine rings is 1. The molecular weight excluding hydrogens is 242 g/mol. The van der Waals surface area contributed by atoms with Crippen molar-refractivity contribution in [1.29, 1.82) is 0 Å². The molecule has 0 aliphatic rings. The first-order chi connectivity index (χ1) is 7.99. The molecule has 3 N–H and O–H groups in total. The van der Waals surface area contributed by atoms with Crippen LogP contribution in [-0.4, -0.2) is 13.4 Å². The fourth-order valence-electron chi connectivity index (χ4n) is 1.31. The lowest BCUT2D eigenvalue weighted by molar-refractivity contribution is 0.548. The highest BCUT2D eigenvalue weighted by Crippen LogP contribution is 2.20. The van der Waals surface area contributed by atoms with Crippen molar-refractivity contribution in [3.8, 4) is 0 Å². The number of nitrogens with zero attached hydrogens (tertiary/aromatic N) is 1. The summed E-state index contributed by atoms with van der Waals surface area (Å²) in [6.45, 7) is 1.72. The van der Waals surface area contributed by atoms with E-state index < -0.39 is 10.0 Å². The summed E-state index contributed by atoms with van der Waals surface area (Å²) in [7, 11) is -3.76. The van der Waals surface area contributed by atoms with Gasteiger partial charge in [-0.2, -0.15) is 0 Å². The van der Waals surface area contributed by atoms with Crippen molar-refractivity contribution in [2.75, 3.05) is 10.5 Å². The molecular formula is C10H11N3O3S. The van der Waals surface area contributed by atoms with E-state index >= 15 is 0 Å². The monoisotopic (exact) mass is 253 g/mol. The van der Waals surface area contributed by atoms with E-state index in [1.54, 1.807) is 13.0 Å². The van der Waals surface area contributed by atoms with Crippen LogP contribution in [0.25, 0.3) is 0 Å². The number of nitrogen functional groups attached to an aromatic ring is 1. The van der Waals surface area contributed by atoms with E-state index in [1.807, 2.05) is 0 Å². The van der Waals surface area contributed by atoms with E-state index in [1.165, 1.54) is 24.4 Å². The second-order valence-electron chi connectivity index (χ2n) is 3.40. The summed E-state index contributed by atoms with van der Waals surface area (Å²) in [6, 6.07) is 6.06. The molecule has 0 aromatic carbocycles. The molecule has 7 heteroatoms. The molecule has 0 radical (unpaired) electrons. The van der Waals surface area contributed by atoms with Crippen LogP contribution in [0.2, 0.25) is 0 Å². The molecule has 0 saturated heterocycles. The van der Waals surface area contributed by atoms with Crippen LogP contribution >= 0.6 is 0 Å². The number of hydrogen-bond donors (Lipinski definition) is 2. The Kier molecular flexibility index (Phi) is 2.76. The third-order valence-electron chi connectivity index (χ3n) is 2.06. The van der Waals surface area contributed by atoms with Crippen LogP contribution in [0.5, 0.6) is 0 Å². The minimum atomic E-state index is -3.76. The van der Waals surface area contributed by atoms with Gasteiger partial charge in [0.05, 0.1) is 0 Å². The van der Waals surface area contributed by atoms with Gasteiger partial charge < -0.3 is 10.2 Å². The number of aromatic nitrogens is 1. The molecule has 2 aromatic heterocycles. The topological polar surface area (TPSA) is 98.2 Å². The molecule has 2 aromatic rings. The molecule has 0 unspecified atom stereocenters. The van der Waals surface area contributed by atoms with Crippen LogP contribution in [0.1, 0.15) is 5.76 Å². The summed E-state index contributed by atoms with van der Waals surface area (Å²) in [5.41, 5.74) is 5.50. The average molecular weight is 253 g/mol. The molecule has 0 fully saturated rings. The average Bonchev–Trinajstić information content (AvgIpc) is 2.63. The lowest BCUT2D eigenvalue weighted by Crippen LogP contribution is -2.14. The Balaban J connectivity index is 2.35. The highest BCUT2D eigenvalue weighted by atomic mass is 32.2. The number of sulfonamides is 1. The fraction of sp³-hybridized carbons (Fsp3) is 0.100. The second kappa shape index (κ2) is 4.10. The van der Waals surface area contributed by atoms with Crippen LogP contribution < -0.4 is 10.5 Å². The van der Waals surface area contributed by atoms with Gasteiger partial charge >= 0.3 is 0 Å². The summed E-state index contributed by atoms with van der Waals surface area (Å²) >= 11 is 0. The first-order valence-corrected chi connectivity index (χ1v) is 6.27. The molecule has 0 aliphatic carbocycles. The maximum absolute atomic E-state index is 11.9. The number of anilines is 2. The quantitative estimate of drug-likeness (QED) is 0.860. The van der Waals surface area contributed by atoms with Crippen LogP contribution in [-0.2, 0) is 10.0 Å². The molecule has 0 bridgehead atoms. The predicted octanol–water partition coefficient (Wildman–Crippen LogP) is 1.37. The first kappa shape index (κ1) is 11.5. The largest absolute Gasteiger partial charge is 0.445 e. The van der Waals surface area contributed by atoms with E-state index in [9.17, 15) is 8.42 Å². The maximum atomic E-state index is 11.9. The van der Waals surface area contributed by atoms with Gasteiger partial charge in [-0.15, -0.1) is 0 Å². The zero-order valence-corrected chi connectivity index (χ0v) is 9.86. The Hall–Kier alpha value is -2.02. The molecule has 90 valence electrons. The normalized spacial score (nSPS) is 11.4. The van der Waals surface area contributed by atoms with Crippen molar-refractivity contribution in [1.82, 2.24) is 4.98 Å². The van der Waals surface area contributed by atoms with Crippen molar-refractivity contribution >= 4 is 21.7 Å². The van der Waals surface area contributed by atoms with Crippen molar-refractivity contribution in [2.24, 2.45) is 0 Å². The standard InChI is InChI=1S/C10H11N3O3S/c1-7-4-5-9(16-7)13-17(14,15)8-3-2-6-12-10(8)11/h2-6,13H,1H3,(H2,11,12). The molecule has 2 heterocycles. The highest BCUT2D eigenvalue weighted by molar-refractivity contribution is 7.92. The number of nitrogens with one attached hydrogen (secondary N) is 1. The SMILES string of the molecule is Cc1ccc(NS(=O)(=O)c2cccnc2N)o1. The van der Waals surface area contributed by atoms with Crippen molar-refractivity contribution in [2.45, 2.75) is 11.8 Å². The van der Waals surface area contributed by atoms with Gasteiger partial charge in [-0.1, -0.05) is 0 Å². The number of nitrogens with two attached hydrogens (primary N) is 1. The van der Waals surface area contributed by atoms with E-state index in [0.29, 0.717) is 5.76 Å². The zero-order chi connectivity index (χ0) is 12.5. The number of rotatable bonds is 3. The highest BCUT2D eigenvalue weighted by Gasteiger charge is 2.19. The Morgan fingerprint density at radius 1 is 1.35 bits per heavy atom. The molecule has 0 saturated carbocycles. The van der Waals surface area contributed by atoms with Gasteiger partial charge in [0.15, 0.2) is 0 Å². The summed E-state index contributed by atoms with van der Waals surface area (Å²) < 4.78 is 31.3. The summed E-state index contributed by atoms with van der Waals surface area (Å²) in [5, 5.41) is 0. The van der Waals surface area contributed by atoms with E-state index in [2.05, 4.69) is 9.71 Å². The number of aryl methyl sites for hydroxylation is 1. The molecule has 0 amide bonds. The van der Waals surface area contributed by atoms with Gasteiger partial charge in [0.25, 0.3) is 10.0 Å². The van der Waals surface area contributed by atoms with Crippen LogP contribution in [0, 0.1) is 6.92 Å². The van der Waals surface area contributed by atoms with Gasteiger partial charge in [0.2, 0.25) is 5.88 Å². The maximum Gasteiger partial charge on any atom is 0.267 e. The molecule has 0 atom stereocenters. The molecule has 17 heavy (non-hydrogen) atoms. The molecule has 2 rings (SSSR count). The minimum absolute atomic E-state index is 0.0525. The minimum Gasteiger partial charge on any atom is -0.445 e. The van der Waals surface area contributed by atoms with Gasteiger partial charge in [-0.05, 0) is 25.1 Å². The number of hydrogen-bond acceptors (Lipinski definition) is 5.